The van der Waals surface area contributed by atoms with Crippen LogP contribution in [0.5, 0.6) is 0 Å². The van der Waals surface area contributed by atoms with Crippen molar-refractivity contribution in [2.24, 2.45) is 0 Å². The smallest absolute Gasteiger partial charge is 0.330 e. The lowest BCUT2D eigenvalue weighted by Gasteiger charge is -2.09. The van der Waals surface area contributed by atoms with Crippen LogP contribution in [0.2, 0.25) is 0 Å². The van der Waals surface area contributed by atoms with E-state index >= 15 is 0 Å². The van der Waals surface area contributed by atoms with Crippen molar-refractivity contribution in [3.63, 3.8) is 0 Å². The van der Waals surface area contributed by atoms with Crippen molar-refractivity contribution in [1.29, 1.82) is 0 Å². The van der Waals surface area contributed by atoms with Crippen LogP contribution in [0, 0.1) is 10.1 Å². The van der Waals surface area contributed by atoms with Crippen LogP contribution >= 0.6 is 0 Å². The van der Waals surface area contributed by atoms with Gasteiger partial charge in [-0.3, -0.25) is 10.1 Å². The molecule has 0 saturated carbocycles. The quantitative estimate of drug-likeness (QED) is 0.583. The van der Waals surface area contributed by atoms with Gasteiger partial charge in [0, 0.05) is 6.61 Å². The minimum absolute atomic E-state index is 0.0757. The van der Waals surface area contributed by atoms with E-state index in [0.717, 1.165) is 19.4 Å². The summed E-state index contributed by atoms with van der Waals surface area (Å²) in [7, 11) is 0. The van der Waals surface area contributed by atoms with E-state index in [1.54, 1.807) is 0 Å². The molecule has 7 nitrogen and oxygen atoms in total. The van der Waals surface area contributed by atoms with Gasteiger partial charge in [0.1, 0.15) is 6.20 Å². The Hall–Kier alpha value is -1.63. The number of nitrogen functional groups attached to an aromatic ring is 1. The largest absolute Gasteiger partial charge is 0.378 e. The molecule has 0 aromatic carbocycles. The van der Waals surface area contributed by atoms with Crippen LogP contribution < -0.4 is 5.73 Å². The number of anilines is 1. The SMILES string of the molecule is Nc1c([N+](=O)[O-])cnn1CC1CCCO1. The third-order valence-corrected chi connectivity index (χ3v) is 2.46. The highest BCUT2D eigenvalue weighted by Gasteiger charge is 2.22. The first kappa shape index (κ1) is 9.91. The number of rotatable bonds is 3. The molecule has 0 radical (unpaired) electrons. The van der Waals surface area contributed by atoms with E-state index in [-0.39, 0.29) is 17.6 Å². The minimum atomic E-state index is -0.533. The first-order valence-electron chi connectivity index (χ1n) is 4.76. The highest BCUT2D eigenvalue weighted by atomic mass is 16.6. The normalized spacial score (nSPS) is 20.7. The van der Waals surface area contributed by atoms with Gasteiger partial charge in [-0.05, 0) is 12.8 Å². The first-order chi connectivity index (χ1) is 7.18. The Morgan fingerprint density at radius 1 is 1.80 bits per heavy atom. The fourth-order valence-electron chi connectivity index (χ4n) is 1.65. The number of hydrogen-bond acceptors (Lipinski definition) is 5. The standard InChI is InChI=1S/C8H12N4O3/c9-8-7(12(13)14)4-10-11(8)5-6-2-1-3-15-6/h4,6H,1-3,5,9H2. The van der Waals surface area contributed by atoms with Crippen LogP contribution in [-0.4, -0.2) is 27.4 Å². The molecule has 1 unspecified atom stereocenters. The van der Waals surface area contributed by atoms with Crippen molar-refractivity contribution in [2.45, 2.75) is 25.5 Å². The molecule has 7 heteroatoms. The third-order valence-electron chi connectivity index (χ3n) is 2.46. The maximum atomic E-state index is 10.5. The highest BCUT2D eigenvalue weighted by molar-refractivity contribution is 5.51. The van der Waals surface area contributed by atoms with Gasteiger partial charge in [-0.25, -0.2) is 4.68 Å². The zero-order valence-electron chi connectivity index (χ0n) is 8.13. The van der Waals surface area contributed by atoms with Crippen LogP contribution in [0.25, 0.3) is 0 Å². The van der Waals surface area contributed by atoms with Gasteiger partial charge in [0.25, 0.3) is 0 Å². The third kappa shape index (κ3) is 1.91. The molecule has 1 aromatic rings. The molecule has 1 aliphatic heterocycles. The summed E-state index contributed by atoms with van der Waals surface area (Å²) in [6, 6.07) is 0. The Kier molecular flexibility index (Phi) is 2.55. The molecule has 1 atom stereocenters. The Bertz CT molecular complexity index is 370. The van der Waals surface area contributed by atoms with Gasteiger partial charge in [-0.15, -0.1) is 0 Å². The summed E-state index contributed by atoms with van der Waals surface area (Å²) < 4.78 is 6.82. The second kappa shape index (κ2) is 3.85. The van der Waals surface area contributed by atoms with E-state index in [0.29, 0.717) is 6.54 Å². The Balaban J connectivity index is 2.11. The topological polar surface area (TPSA) is 96.2 Å². The molecule has 1 aliphatic rings. The number of nitrogens with two attached hydrogens (primary N) is 1. The van der Waals surface area contributed by atoms with E-state index in [4.69, 9.17) is 10.5 Å². The summed E-state index contributed by atoms with van der Waals surface area (Å²) in [5, 5.41) is 14.4. The zero-order valence-corrected chi connectivity index (χ0v) is 8.13. The predicted octanol–water partition coefficient (Wildman–Crippen LogP) is 0.552. The Labute approximate surface area is 86.0 Å². The molecule has 2 heterocycles. The molecule has 0 aliphatic carbocycles. The molecule has 2 rings (SSSR count). The van der Waals surface area contributed by atoms with Crippen LogP contribution in [0.1, 0.15) is 12.8 Å². The van der Waals surface area contributed by atoms with Crippen molar-refractivity contribution in [3.05, 3.63) is 16.3 Å². The second-order valence-corrected chi connectivity index (χ2v) is 3.49. The lowest BCUT2D eigenvalue weighted by Crippen LogP contribution is -2.17. The average molecular weight is 212 g/mol. The summed E-state index contributed by atoms with van der Waals surface area (Å²) in [5.74, 6) is 0.0931. The summed E-state index contributed by atoms with van der Waals surface area (Å²) in [6.45, 7) is 1.23. The first-order valence-corrected chi connectivity index (χ1v) is 4.76. The molecule has 0 amide bonds. The minimum Gasteiger partial charge on any atom is -0.378 e. The van der Waals surface area contributed by atoms with E-state index < -0.39 is 4.92 Å². The molecular formula is C8H12N4O3. The Morgan fingerprint density at radius 2 is 2.60 bits per heavy atom. The van der Waals surface area contributed by atoms with Gasteiger partial charge >= 0.3 is 5.69 Å². The van der Waals surface area contributed by atoms with E-state index in [9.17, 15) is 10.1 Å². The number of aromatic nitrogens is 2. The van der Waals surface area contributed by atoms with Crippen LogP contribution in [0.15, 0.2) is 6.20 Å². The lowest BCUT2D eigenvalue weighted by molar-refractivity contribution is -0.384. The lowest BCUT2D eigenvalue weighted by atomic mass is 10.2. The molecule has 0 bridgehead atoms. The number of ether oxygens (including phenoxy) is 1. The van der Waals surface area contributed by atoms with Gasteiger partial charge in [0.05, 0.1) is 17.6 Å². The molecule has 1 aromatic heterocycles. The fourth-order valence-corrected chi connectivity index (χ4v) is 1.65. The Morgan fingerprint density at radius 3 is 3.13 bits per heavy atom. The summed E-state index contributed by atoms with van der Waals surface area (Å²) >= 11 is 0. The average Bonchev–Trinajstić information content (AvgIpc) is 2.78. The molecule has 1 fully saturated rings. The van der Waals surface area contributed by atoms with Gasteiger partial charge in [0.2, 0.25) is 5.82 Å². The fraction of sp³-hybridized carbons (Fsp3) is 0.625. The van der Waals surface area contributed by atoms with Gasteiger partial charge in [-0.1, -0.05) is 0 Å². The van der Waals surface area contributed by atoms with Gasteiger partial charge < -0.3 is 10.5 Å². The summed E-state index contributed by atoms with van der Waals surface area (Å²) in [6.07, 6.45) is 3.22. The molecule has 1 saturated heterocycles. The number of nitro groups is 1. The van der Waals surface area contributed by atoms with Crippen molar-refractivity contribution >= 4 is 11.5 Å². The number of hydrogen-bond donors (Lipinski definition) is 1. The molecule has 82 valence electrons. The molecular weight excluding hydrogens is 200 g/mol. The molecule has 0 spiro atoms. The molecule has 15 heavy (non-hydrogen) atoms. The van der Waals surface area contributed by atoms with Crippen LogP contribution in [0.4, 0.5) is 11.5 Å². The van der Waals surface area contributed by atoms with E-state index in [1.165, 1.54) is 10.9 Å². The van der Waals surface area contributed by atoms with Crippen molar-refractivity contribution < 1.29 is 9.66 Å². The summed E-state index contributed by atoms with van der Waals surface area (Å²) in [4.78, 5) is 9.98. The van der Waals surface area contributed by atoms with Crippen molar-refractivity contribution in [2.75, 3.05) is 12.3 Å². The monoisotopic (exact) mass is 212 g/mol. The van der Waals surface area contributed by atoms with Gasteiger partial charge in [0.15, 0.2) is 0 Å². The van der Waals surface area contributed by atoms with Crippen LogP contribution in [0.3, 0.4) is 0 Å². The summed E-state index contributed by atoms with van der Waals surface area (Å²) in [5.41, 5.74) is 5.44. The van der Waals surface area contributed by atoms with E-state index in [2.05, 4.69) is 5.10 Å². The van der Waals surface area contributed by atoms with Crippen LogP contribution in [-0.2, 0) is 11.3 Å². The van der Waals surface area contributed by atoms with Crippen molar-refractivity contribution in [3.8, 4) is 0 Å². The second-order valence-electron chi connectivity index (χ2n) is 3.49. The maximum absolute atomic E-state index is 10.5. The van der Waals surface area contributed by atoms with Crippen molar-refractivity contribution in [1.82, 2.24) is 9.78 Å². The molecule has 2 N–H and O–H groups in total. The zero-order chi connectivity index (χ0) is 10.8. The van der Waals surface area contributed by atoms with E-state index in [1.807, 2.05) is 0 Å². The predicted molar refractivity (Wildman–Crippen MR) is 52.3 cm³/mol. The maximum Gasteiger partial charge on any atom is 0.330 e. The van der Waals surface area contributed by atoms with Gasteiger partial charge in [-0.2, -0.15) is 5.10 Å². The highest BCUT2D eigenvalue weighted by Crippen LogP contribution is 2.22. The number of nitrogens with zero attached hydrogens (tertiary/aromatic N) is 3.